The highest BCUT2D eigenvalue weighted by Gasteiger charge is 2.11. The van der Waals surface area contributed by atoms with E-state index in [1.54, 1.807) is 6.07 Å². The van der Waals surface area contributed by atoms with Crippen LogP contribution in [0.5, 0.6) is 0 Å². The van der Waals surface area contributed by atoms with Crippen molar-refractivity contribution >= 4 is 32.9 Å². The van der Waals surface area contributed by atoms with Crippen molar-refractivity contribution in [2.24, 2.45) is 0 Å². The predicted molar refractivity (Wildman–Crippen MR) is 77.5 cm³/mol. The molecule has 0 unspecified atom stereocenters. The Hall–Kier alpha value is -1.14. The van der Waals surface area contributed by atoms with Crippen LogP contribution in [-0.2, 0) is 11.3 Å². The number of halogens is 2. The first-order chi connectivity index (χ1) is 9.13. The molecule has 0 aliphatic carbocycles. The zero-order valence-corrected chi connectivity index (χ0v) is 12.4. The first kappa shape index (κ1) is 14.3. The Morgan fingerprint density at radius 1 is 1.42 bits per heavy atom. The second kappa shape index (κ2) is 6.34. The molecule has 0 saturated heterocycles. The quantitative estimate of drug-likeness (QED) is 0.827. The molecule has 0 aliphatic rings. The highest BCUT2D eigenvalue weighted by atomic mass is 79.9. The number of unbranched alkanes of at least 4 members (excludes halogenated alkanes) is 1. The summed E-state index contributed by atoms with van der Waals surface area (Å²) in [6.07, 6.45) is 2.17. The lowest BCUT2D eigenvalue weighted by atomic mass is 10.3. The number of anilines is 1. The number of nitrogens with two attached hydrogens (primary N) is 1. The number of ether oxygens (including phenoxy) is 1. The molecule has 0 spiro atoms. The van der Waals surface area contributed by atoms with Gasteiger partial charge in [-0.05, 0) is 28.4 Å². The predicted octanol–water partition coefficient (Wildman–Crippen LogP) is 3.34. The van der Waals surface area contributed by atoms with Gasteiger partial charge in [-0.15, -0.1) is 0 Å². The van der Waals surface area contributed by atoms with Crippen LogP contribution in [0.1, 0.15) is 19.8 Å². The van der Waals surface area contributed by atoms with Gasteiger partial charge in [0, 0.05) is 19.2 Å². The molecule has 0 saturated carbocycles. The fourth-order valence-corrected chi connectivity index (χ4v) is 2.21. The molecule has 0 amide bonds. The average Bonchev–Trinajstić information content (AvgIpc) is 2.66. The monoisotopic (exact) mass is 329 g/mol. The number of nitrogens with zero attached hydrogens (tertiary/aromatic N) is 2. The molecule has 4 nitrogen and oxygen atoms in total. The molecule has 0 atom stereocenters. The van der Waals surface area contributed by atoms with Crippen LogP contribution in [0.3, 0.4) is 0 Å². The molecular weight excluding hydrogens is 313 g/mol. The third-order valence-corrected chi connectivity index (χ3v) is 3.53. The van der Waals surface area contributed by atoms with Gasteiger partial charge in [-0.25, -0.2) is 9.37 Å². The third kappa shape index (κ3) is 3.25. The number of hydrogen-bond acceptors (Lipinski definition) is 3. The molecule has 1 heterocycles. The lowest BCUT2D eigenvalue weighted by Crippen LogP contribution is -2.09. The van der Waals surface area contributed by atoms with Gasteiger partial charge in [0.25, 0.3) is 0 Å². The number of fused-ring (bicyclic) bond motifs is 1. The van der Waals surface area contributed by atoms with Crippen LogP contribution in [0.25, 0.3) is 11.0 Å². The standard InChI is InChI=1S/C13H17BrFN3O/c1-2-3-5-19-6-4-18-12-7-9(14)10(15)8-11(12)17-13(18)16/h7-8H,2-6H2,1H3,(H2,16,17). The van der Waals surface area contributed by atoms with Crippen molar-refractivity contribution in [2.75, 3.05) is 18.9 Å². The molecule has 1 aromatic carbocycles. The Balaban J connectivity index is 2.13. The summed E-state index contributed by atoms with van der Waals surface area (Å²) in [5.41, 5.74) is 7.22. The minimum absolute atomic E-state index is 0.337. The molecule has 0 radical (unpaired) electrons. The fourth-order valence-electron chi connectivity index (χ4n) is 1.88. The van der Waals surface area contributed by atoms with Crippen LogP contribution in [0.2, 0.25) is 0 Å². The summed E-state index contributed by atoms with van der Waals surface area (Å²) in [6, 6.07) is 3.07. The number of rotatable bonds is 6. The second-order valence-corrected chi connectivity index (χ2v) is 5.20. The maximum Gasteiger partial charge on any atom is 0.201 e. The van der Waals surface area contributed by atoms with Gasteiger partial charge in [-0.3, -0.25) is 0 Å². The van der Waals surface area contributed by atoms with Crippen molar-refractivity contribution in [2.45, 2.75) is 26.3 Å². The number of imidazole rings is 1. The normalized spacial score (nSPS) is 11.3. The maximum absolute atomic E-state index is 13.4. The minimum Gasteiger partial charge on any atom is -0.380 e. The van der Waals surface area contributed by atoms with Gasteiger partial charge in [0.05, 0.1) is 22.1 Å². The Morgan fingerprint density at radius 2 is 2.21 bits per heavy atom. The summed E-state index contributed by atoms with van der Waals surface area (Å²) in [5.74, 6) is 0.0444. The third-order valence-electron chi connectivity index (χ3n) is 2.92. The van der Waals surface area contributed by atoms with E-state index in [4.69, 9.17) is 10.5 Å². The SMILES string of the molecule is CCCCOCCn1c(N)nc2cc(F)c(Br)cc21. The van der Waals surface area contributed by atoms with E-state index < -0.39 is 0 Å². The summed E-state index contributed by atoms with van der Waals surface area (Å²) in [5, 5.41) is 0. The Labute approximate surface area is 119 Å². The molecule has 0 fully saturated rings. The Bertz CT molecular complexity index is 571. The van der Waals surface area contributed by atoms with Crippen molar-refractivity contribution in [1.29, 1.82) is 0 Å². The van der Waals surface area contributed by atoms with E-state index in [0.717, 1.165) is 25.0 Å². The van der Waals surface area contributed by atoms with E-state index in [1.165, 1.54) is 6.07 Å². The van der Waals surface area contributed by atoms with E-state index in [-0.39, 0.29) is 5.82 Å². The highest BCUT2D eigenvalue weighted by Crippen LogP contribution is 2.25. The lowest BCUT2D eigenvalue weighted by molar-refractivity contribution is 0.124. The first-order valence-electron chi connectivity index (χ1n) is 6.32. The van der Waals surface area contributed by atoms with Crippen LogP contribution in [0, 0.1) is 5.82 Å². The maximum atomic E-state index is 13.4. The van der Waals surface area contributed by atoms with Crippen LogP contribution >= 0.6 is 15.9 Å². The van der Waals surface area contributed by atoms with Crippen molar-refractivity contribution in [3.8, 4) is 0 Å². The van der Waals surface area contributed by atoms with Crippen LogP contribution in [0.4, 0.5) is 10.3 Å². The molecule has 2 rings (SSSR count). The lowest BCUT2D eigenvalue weighted by Gasteiger charge is -2.07. The largest absolute Gasteiger partial charge is 0.380 e. The molecule has 1 aromatic heterocycles. The molecule has 0 bridgehead atoms. The zero-order chi connectivity index (χ0) is 13.8. The van der Waals surface area contributed by atoms with E-state index in [0.29, 0.717) is 29.1 Å². The second-order valence-electron chi connectivity index (χ2n) is 4.34. The molecule has 19 heavy (non-hydrogen) atoms. The molecule has 0 aliphatic heterocycles. The number of aromatic nitrogens is 2. The summed E-state index contributed by atoms with van der Waals surface area (Å²) in [7, 11) is 0. The Kier molecular flexibility index (Phi) is 4.76. The number of hydrogen-bond donors (Lipinski definition) is 1. The van der Waals surface area contributed by atoms with Crippen LogP contribution < -0.4 is 5.73 Å². The smallest absolute Gasteiger partial charge is 0.201 e. The van der Waals surface area contributed by atoms with Crippen molar-refractivity contribution in [1.82, 2.24) is 9.55 Å². The topological polar surface area (TPSA) is 53.1 Å². The summed E-state index contributed by atoms with van der Waals surface area (Å²) in [4.78, 5) is 4.15. The highest BCUT2D eigenvalue weighted by molar-refractivity contribution is 9.10. The van der Waals surface area contributed by atoms with Crippen molar-refractivity contribution < 1.29 is 9.13 Å². The van der Waals surface area contributed by atoms with Gasteiger partial charge in [0.2, 0.25) is 5.95 Å². The van der Waals surface area contributed by atoms with E-state index in [1.807, 2.05) is 4.57 Å². The molecule has 2 aromatic rings. The van der Waals surface area contributed by atoms with Gasteiger partial charge in [0.1, 0.15) is 5.82 Å². The zero-order valence-electron chi connectivity index (χ0n) is 10.8. The summed E-state index contributed by atoms with van der Waals surface area (Å²) < 4.78 is 21.2. The van der Waals surface area contributed by atoms with Gasteiger partial charge < -0.3 is 15.0 Å². The summed E-state index contributed by atoms with van der Waals surface area (Å²) in [6.45, 7) is 4.06. The molecular formula is C13H17BrFN3O. The molecule has 104 valence electrons. The van der Waals surface area contributed by atoms with Gasteiger partial charge in [-0.2, -0.15) is 0 Å². The van der Waals surface area contributed by atoms with Gasteiger partial charge in [0.15, 0.2) is 0 Å². The first-order valence-corrected chi connectivity index (χ1v) is 7.11. The van der Waals surface area contributed by atoms with Gasteiger partial charge >= 0.3 is 0 Å². The molecule has 2 N–H and O–H groups in total. The van der Waals surface area contributed by atoms with E-state index >= 15 is 0 Å². The van der Waals surface area contributed by atoms with E-state index in [9.17, 15) is 4.39 Å². The van der Waals surface area contributed by atoms with Crippen LogP contribution in [-0.4, -0.2) is 22.8 Å². The van der Waals surface area contributed by atoms with Gasteiger partial charge in [-0.1, -0.05) is 13.3 Å². The van der Waals surface area contributed by atoms with Crippen molar-refractivity contribution in [3.63, 3.8) is 0 Å². The van der Waals surface area contributed by atoms with Crippen LogP contribution in [0.15, 0.2) is 16.6 Å². The Morgan fingerprint density at radius 3 is 2.95 bits per heavy atom. The summed E-state index contributed by atoms with van der Waals surface area (Å²) >= 11 is 3.17. The fraction of sp³-hybridized carbons (Fsp3) is 0.462. The minimum atomic E-state index is -0.337. The average molecular weight is 330 g/mol. The van der Waals surface area contributed by atoms with E-state index in [2.05, 4.69) is 27.8 Å². The number of nitrogen functional groups attached to an aromatic ring is 1. The molecule has 6 heteroatoms. The number of benzene rings is 1. The van der Waals surface area contributed by atoms with Crippen molar-refractivity contribution in [3.05, 3.63) is 22.4 Å².